The highest BCUT2D eigenvalue weighted by molar-refractivity contribution is 4.06. The topological polar surface area (TPSA) is 166 Å². The maximum Gasteiger partial charge on any atom is 0.0662 e. The first kappa shape index (κ1) is 46.6. The number of hydrogen-bond acceptors (Lipinski definition) is 2. The van der Waals surface area contributed by atoms with Crippen LogP contribution in [0.15, 0.2) is 0 Å². The van der Waals surface area contributed by atoms with Gasteiger partial charge in [-0.05, 0) is 0 Å². The molecule has 0 aromatic carbocycles. The van der Waals surface area contributed by atoms with Crippen molar-refractivity contribution < 1.29 is 32.1 Å². The lowest BCUT2D eigenvalue weighted by molar-refractivity contribution is 0.186. The summed E-state index contributed by atoms with van der Waals surface area (Å²) in [6.45, 7) is -0.250. The van der Waals surface area contributed by atoms with Crippen molar-refractivity contribution in [3.05, 3.63) is 0 Å². The predicted molar refractivity (Wildman–Crippen MR) is 28.6 cm³/mol. The Bertz CT molecular complexity index is 8.49. The predicted octanol–water partition coefficient (Wildman–Crippen LogP) is -4.33. The van der Waals surface area contributed by atoms with Gasteiger partial charge in [-0.15, -0.1) is 0 Å². The number of rotatable bonds is 1. The third-order valence-electron chi connectivity index (χ3n) is 0.1000. The minimum absolute atomic E-state index is 0. The molecule has 6 nitrogen and oxygen atoms in total. The van der Waals surface area contributed by atoms with E-state index in [1.807, 2.05) is 0 Å². The normalized spacial score (nSPS) is 3.75. The van der Waals surface area contributed by atoms with Crippen LogP contribution in [-0.4, -0.2) is 45.3 Å². The largest absolute Gasteiger partial charge is 0.412 e. The Hall–Kier alpha value is -0.240. The molecule has 10 N–H and O–H groups in total. The van der Waals surface area contributed by atoms with E-state index in [0.29, 0.717) is 0 Å². The lowest BCUT2D eigenvalue weighted by atomic mass is 10.8. The van der Waals surface area contributed by atoms with Crippen molar-refractivity contribution in [2.75, 3.05) is 13.2 Å². The maximum atomic E-state index is 7.62. The van der Waals surface area contributed by atoms with Gasteiger partial charge in [0.2, 0.25) is 0 Å². The molecule has 0 aliphatic heterocycles. The lowest BCUT2D eigenvalue weighted by Crippen LogP contribution is -1.85. The second-order valence-electron chi connectivity index (χ2n) is 0.447. The Morgan fingerprint density at radius 3 is 0.750 bits per heavy atom. The van der Waals surface area contributed by atoms with E-state index in [9.17, 15) is 0 Å². The van der Waals surface area contributed by atoms with Gasteiger partial charge in [0.1, 0.15) is 0 Å². The fourth-order valence-corrected chi connectivity index (χ4v) is 0. The van der Waals surface area contributed by atoms with E-state index in [0.717, 1.165) is 0 Å². The van der Waals surface area contributed by atoms with Crippen LogP contribution in [-0.2, 0) is 0 Å². The fraction of sp³-hybridized carbons (Fsp3) is 1.00. The fourth-order valence-electron chi connectivity index (χ4n) is 0. The van der Waals surface area contributed by atoms with E-state index in [-0.39, 0.29) is 35.1 Å². The monoisotopic (exact) mass is 134 g/mol. The molecule has 0 bridgehead atoms. The Kier molecular flexibility index (Phi) is 421. The first-order valence-corrected chi connectivity index (χ1v) is 1.13. The Morgan fingerprint density at radius 2 is 0.750 bits per heavy atom. The molecule has 0 aromatic rings. The Morgan fingerprint density at radius 1 is 0.625 bits per heavy atom. The second kappa shape index (κ2) is 72.4. The highest BCUT2D eigenvalue weighted by Gasteiger charge is 1.58. The molecule has 0 aliphatic rings. The molecule has 8 heavy (non-hydrogen) atoms. The summed E-state index contributed by atoms with van der Waals surface area (Å²) in [5.74, 6) is 0. The zero-order valence-electron chi connectivity index (χ0n) is 4.31. The third-order valence-corrected chi connectivity index (χ3v) is 0.1000. The molecule has 0 saturated heterocycles. The van der Waals surface area contributed by atoms with Crippen LogP contribution in [0.2, 0.25) is 0 Å². The summed E-state index contributed by atoms with van der Waals surface area (Å²) in [7, 11) is 0. The van der Waals surface area contributed by atoms with Crippen LogP contribution in [0.25, 0.3) is 0 Å². The van der Waals surface area contributed by atoms with E-state index in [2.05, 4.69) is 0 Å². The van der Waals surface area contributed by atoms with Crippen LogP contribution in [0.3, 0.4) is 0 Å². The SMILES string of the molecule is O.O.O.O.OCCO. The average molecular weight is 134 g/mol. The highest BCUT2D eigenvalue weighted by atomic mass is 16.3. The molecule has 0 saturated carbocycles. The standard InChI is InChI=1S/C2H6O2.4H2O/c3-1-2-4;;;;/h3-4H,1-2H2;4*1H2. The van der Waals surface area contributed by atoms with Crippen LogP contribution < -0.4 is 0 Å². The molecule has 58 valence electrons. The molecule has 0 spiro atoms. The molecule has 0 heterocycles. The molecule has 0 radical (unpaired) electrons. The smallest absolute Gasteiger partial charge is 0.0662 e. The van der Waals surface area contributed by atoms with Gasteiger partial charge >= 0.3 is 0 Å². The summed E-state index contributed by atoms with van der Waals surface area (Å²) in [5.41, 5.74) is 0. The Balaban J connectivity index is -0.00000000750. The van der Waals surface area contributed by atoms with Gasteiger partial charge in [-0.3, -0.25) is 0 Å². The molecule has 0 atom stereocenters. The molecule has 0 fully saturated rings. The molecule has 0 amide bonds. The average Bonchev–Trinajstić information content (AvgIpc) is 1.37. The van der Waals surface area contributed by atoms with Crippen LogP contribution in [0.1, 0.15) is 0 Å². The summed E-state index contributed by atoms with van der Waals surface area (Å²) in [5, 5.41) is 15.2. The van der Waals surface area contributed by atoms with Gasteiger partial charge in [-0.1, -0.05) is 0 Å². The summed E-state index contributed by atoms with van der Waals surface area (Å²) >= 11 is 0. The van der Waals surface area contributed by atoms with Gasteiger partial charge in [-0.2, -0.15) is 0 Å². The van der Waals surface area contributed by atoms with Crippen molar-refractivity contribution >= 4 is 0 Å². The minimum Gasteiger partial charge on any atom is -0.412 e. The maximum absolute atomic E-state index is 7.62. The quantitative estimate of drug-likeness (QED) is 0.370. The second-order valence-corrected chi connectivity index (χ2v) is 0.447. The number of aliphatic hydroxyl groups excluding tert-OH is 2. The van der Waals surface area contributed by atoms with Gasteiger partial charge in [0.25, 0.3) is 0 Å². The van der Waals surface area contributed by atoms with Gasteiger partial charge < -0.3 is 32.1 Å². The van der Waals surface area contributed by atoms with E-state index in [1.165, 1.54) is 0 Å². The number of aliphatic hydroxyl groups is 2. The van der Waals surface area contributed by atoms with Gasteiger partial charge in [0.05, 0.1) is 13.2 Å². The first-order chi connectivity index (χ1) is 1.91. The van der Waals surface area contributed by atoms with Crippen LogP contribution in [0.4, 0.5) is 0 Å². The summed E-state index contributed by atoms with van der Waals surface area (Å²) in [4.78, 5) is 0. The van der Waals surface area contributed by atoms with Gasteiger partial charge in [0.15, 0.2) is 0 Å². The van der Waals surface area contributed by atoms with Crippen molar-refractivity contribution in [1.82, 2.24) is 0 Å². The van der Waals surface area contributed by atoms with Crippen LogP contribution in [0.5, 0.6) is 0 Å². The summed E-state index contributed by atoms with van der Waals surface area (Å²) < 4.78 is 0. The molecular weight excluding hydrogens is 120 g/mol. The lowest BCUT2D eigenvalue weighted by Gasteiger charge is -1.70. The van der Waals surface area contributed by atoms with Crippen molar-refractivity contribution in [3.8, 4) is 0 Å². The van der Waals surface area contributed by atoms with Gasteiger partial charge in [0, 0.05) is 0 Å². The van der Waals surface area contributed by atoms with Crippen molar-refractivity contribution in [2.24, 2.45) is 0 Å². The van der Waals surface area contributed by atoms with E-state index in [4.69, 9.17) is 10.2 Å². The minimum atomic E-state index is -0.125. The highest BCUT2D eigenvalue weighted by Crippen LogP contribution is 1.39. The van der Waals surface area contributed by atoms with Crippen molar-refractivity contribution in [1.29, 1.82) is 0 Å². The van der Waals surface area contributed by atoms with E-state index in [1.54, 1.807) is 0 Å². The third kappa shape index (κ3) is 226. The van der Waals surface area contributed by atoms with Crippen LogP contribution in [0, 0.1) is 0 Å². The number of hydrogen-bond donors (Lipinski definition) is 2. The molecule has 0 unspecified atom stereocenters. The summed E-state index contributed by atoms with van der Waals surface area (Å²) in [6.07, 6.45) is 0. The molecular formula is C2H14O6. The first-order valence-electron chi connectivity index (χ1n) is 1.13. The van der Waals surface area contributed by atoms with E-state index < -0.39 is 0 Å². The zero-order valence-corrected chi connectivity index (χ0v) is 4.31. The molecule has 6 heteroatoms. The Labute approximate surface area is 46.6 Å². The molecule has 0 aliphatic carbocycles. The van der Waals surface area contributed by atoms with E-state index >= 15 is 0 Å². The van der Waals surface area contributed by atoms with Crippen LogP contribution >= 0.6 is 0 Å². The van der Waals surface area contributed by atoms with Crippen molar-refractivity contribution in [2.45, 2.75) is 0 Å². The van der Waals surface area contributed by atoms with Gasteiger partial charge in [-0.25, -0.2) is 0 Å². The molecule has 0 aromatic heterocycles. The molecule has 0 rings (SSSR count). The van der Waals surface area contributed by atoms with Crippen molar-refractivity contribution in [3.63, 3.8) is 0 Å². The summed E-state index contributed by atoms with van der Waals surface area (Å²) in [6, 6.07) is 0. The zero-order chi connectivity index (χ0) is 3.41.